The fraction of sp³-hybridized carbons (Fsp3) is 0.167. The summed E-state index contributed by atoms with van der Waals surface area (Å²) in [6.45, 7) is -0.434. The first kappa shape index (κ1) is 18.1. The van der Waals surface area contributed by atoms with Crippen molar-refractivity contribution < 1.29 is 23.5 Å². The lowest BCUT2D eigenvalue weighted by Crippen LogP contribution is -2.37. The van der Waals surface area contributed by atoms with E-state index in [9.17, 15) is 18.8 Å². The van der Waals surface area contributed by atoms with E-state index in [2.05, 4.69) is 0 Å². The van der Waals surface area contributed by atoms with Crippen molar-refractivity contribution in [3.05, 3.63) is 66.0 Å². The molecule has 130 valence electrons. The standard InChI is InChI=1S/C18H17FN2O4/c19-14-8-6-13(7-9-14)18(24)25-12-17(23)21(11-10-16(20)22)15-4-2-1-3-5-15/h1-9H,10-12H2,(H2,20,22). The highest BCUT2D eigenvalue weighted by atomic mass is 19.1. The van der Waals surface area contributed by atoms with E-state index in [1.54, 1.807) is 30.3 Å². The largest absolute Gasteiger partial charge is 0.452 e. The summed E-state index contributed by atoms with van der Waals surface area (Å²) in [4.78, 5) is 36.6. The lowest BCUT2D eigenvalue weighted by molar-refractivity contribution is -0.121. The van der Waals surface area contributed by atoms with E-state index in [-0.39, 0.29) is 18.5 Å². The van der Waals surface area contributed by atoms with Gasteiger partial charge in [-0.1, -0.05) is 18.2 Å². The Morgan fingerprint density at radius 3 is 2.24 bits per heavy atom. The molecule has 2 aromatic rings. The van der Waals surface area contributed by atoms with Gasteiger partial charge in [0, 0.05) is 18.7 Å². The van der Waals surface area contributed by atoms with Crippen molar-refractivity contribution in [3.8, 4) is 0 Å². The van der Waals surface area contributed by atoms with Crippen LogP contribution in [0.25, 0.3) is 0 Å². The first-order valence-corrected chi connectivity index (χ1v) is 7.54. The van der Waals surface area contributed by atoms with Gasteiger partial charge in [0.1, 0.15) is 5.82 Å². The summed E-state index contributed by atoms with van der Waals surface area (Å²) < 4.78 is 17.8. The maximum Gasteiger partial charge on any atom is 0.338 e. The zero-order chi connectivity index (χ0) is 18.2. The van der Waals surface area contributed by atoms with Crippen molar-refractivity contribution in [1.82, 2.24) is 0 Å². The Morgan fingerprint density at radius 1 is 1.00 bits per heavy atom. The van der Waals surface area contributed by atoms with Crippen LogP contribution in [0.4, 0.5) is 10.1 Å². The molecule has 0 heterocycles. The number of carbonyl (C=O) groups excluding carboxylic acids is 3. The average Bonchev–Trinajstić information content (AvgIpc) is 2.61. The fourth-order valence-electron chi connectivity index (χ4n) is 2.10. The number of primary amides is 1. The van der Waals surface area contributed by atoms with E-state index in [0.29, 0.717) is 5.69 Å². The van der Waals surface area contributed by atoms with Gasteiger partial charge < -0.3 is 15.4 Å². The maximum atomic E-state index is 12.9. The van der Waals surface area contributed by atoms with E-state index in [4.69, 9.17) is 10.5 Å². The number of rotatable bonds is 7. The molecule has 0 radical (unpaired) electrons. The minimum absolute atomic E-state index is 0.0213. The molecule has 0 atom stereocenters. The Hall–Kier alpha value is -3.22. The van der Waals surface area contributed by atoms with Gasteiger partial charge in [-0.3, -0.25) is 9.59 Å². The minimum Gasteiger partial charge on any atom is -0.452 e. The molecule has 2 amide bonds. The molecule has 0 aromatic heterocycles. The summed E-state index contributed by atoms with van der Waals surface area (Å²) in [5, 5.41) is 0. The van der Waals surface area contributed by atoms with E-state index < -0.39 is 30.2 Å². The van der Waals surface area contributed by atoms with Crippen LogP contribution >= 0.6 is 0 Å². The summed E-state index contributed by atoms with van der Waals surface area (Å²) in [5.74, 6) is -2.26. The molecule has 0 spiro atoms. The summed E-state index contributed by atoms with van der Waals surface area (Å²) >= 11 is 0. The second kappa shape index (κ2) is 8.58. The highest BCUT2D eigenvalue weighted by molar-refractivity contribution is 5.97. The molecule has 0 unspecified atom stereocenters. The number of nitrogens with zero attached hydrogens (tertiary/aromatic N) is 1. The highest BCUT2D eigenvalue weighted by Crippen LogP contribution is 2.14. The van der Waals surface area contributed by atoms with Gasteiger partial charge >= 0.3 is 5.97 Å². The van der Waals surface area contributed by atoms with Crippen LogP contribution in [0.3, 0.4) is 0 Å². The predicted molar refractivity (Wildman–Crippen MR) is 89.3 cm³/mol. The first-order chi connectivity index (χ1) is 12.0. The van der Waals surface area contributed by atoms with Crippen molar-refractivity contribution in [2.45, 2.75) is 6.42 Å². The molecule has 7 heteroatoms. The lowest BCUT2D eigenvalue weighted by atomic mass is 10.2. The Morgan fingerprint density at radius 2 is 1.64 bits per heavy atom. The van der Waals surface area contributed by atoms with Crippen molar-refractivity contribution in [2.75, 3.05) is 18.1 Å². The Balaban J connectivity index is 2.02. The van der Waals surface area contributed by atoms with Crippen LogP contribution in [-0.4, -0.2) is 30.9 Å². The van der Waals surface area contributed by atoms with Gasteiger partial charge in [-0.2, -0.15) is 0 Å². The normalized spacial score (nSPS) is 10.1. The molecule has 2 rings (SSSR count). The number of esters is 1. The van der Waals surface area contributed by atoms with Gasteiger partial charge in [-0.25, -0.2) is 9.18 Å². The van der Waals surface area contributed by atoms with E-state index in [0.717, 1.165) is 12.1 Å². The van der Waals surface area contributed by atoms with Crippen LogP contribution in [0.5, 0.6) is 0 Å². The maximum absolute atomic E-state index is 12.9. The van der Waals surface area contributed by atoms with E-state index in [1.807, 2.05) is 0 Å². The molecule has 2 aromatic carbocycles. The lowest BCUT2D eigenvalue weighted by Gasteiger charge is -2.22. The quantitative estimate of drug-likeness (QED) is 0.777. The second-order valence-corrected chi connectivity index (χ2v) is 5.18. The van der Waals surface area contributed by atoms with Gasteiger partial charge in [-0.05, 0) is 36.4 Å². The average molecular weight is 344 g/mol. The number of para-hydroxylation sites is 1. The predicted octanol–water partition coefficient (Wildman–Crippen LogP) is 1.89. The monoisotopic (exact) mass is 344 g/mol. The molecule has 25 heavy (non-hydrogen) atoms. The zero-order valence-corrected chi connectivity index (χ0v) is 13.4. The number of hydrogen-bond acceptors (Lipinski definition) is 4. The molecule has 0 aliphatic carbocycles. The number of halogens is 1. The molecular formula is C18H17FN2O4. The van der Waals surface area contributed by atoms with Crippen LogP contribution in [0.1, 0.15) is 16.8 Å². The van der Waals surface area contributed by atoms with Crippen LogP contribution in [0, 0.1) is 5.82 Å². The Labute approximate surface area is 144 Å². The molecule has 0 saturated heterocycles. The highest BCUT2D eigenvalue weighted by Gasteiger charge is 2.18. The summed E-state index contributed by atoms with van der Waals surface area (Å²) in [6.07, 6.45) is -0.0213. The van der Waals surface area contributed by atoms with Gasteiger partial charge in [-0.15, -0.1) is 0 Å². The molecule has 0 fully saturated rings. The molecular weight excluding hydrogens is 327 g/mol. The third-order valence-corrected chi connectivity index (χ3v) is 3.36. The van der Waals surface area contributed by atoms with Gasteiger partial charge in [0.15, 0.2) is 6.61 Å². The second-order valence-electron chi connectivity index (χ2n) is 5.18. The van der Waals surface area contributed by atoms with Gasteiger partial charge in [0.2, 0.25) is 5.91 Å². The van der Waals surface area contributed by atoms with Crippen LogP contribution in [0.15, 0.2) is 54.6 Å². The smallest absolute Gasteiger partial charge is 0.338 e. The number of ether oxygens (including phenoxy) is 1. The van der Waals surface area contributed by atoms with Crippen LogP contribution < -0.4 is 10.6 Å². The number of nitrogens with two attached hydrogens (primary N) is 1. The van der Waals surface area contributed by atoms with Crippen molar-refractivity contribution >= 4 is 23.5 Å². The number of anilines is 1. The van der Waals surface area contributed by atoms with Gasteiger partial charge in [0.05, 0.1) is 5.56 Å². The first-order valence-electron chi connectivity index (χ1n) is 7.54. The zero-order valence-electron chi connectivity index (χ0n) is 13.4. The van der Waals surface area contributed by atoms with Crippen molar-refractivity contribution in [2.24, 2.45) is 5.73 Å². The topological polar surface area (TPSA) is 89.7 Å². The number of benzene rings is 2. The van der Waals surface area contributed by atoms with E-state index in [1.165, 1.54) is 17.0 Å². The Kier molecular flexibility index (Phi) is 6.22. The van der Waals surface area contributed by atoms with Crippen molar-refractivity contribution in [3.63, 3.8) is 0 Å². The molecule has 0 saturated carbocycles. The number of amides is 2. The summed E-state index contributed by atoms with van der Waals surface area (Å²) in [5.41, 5.74) is 5.83. The molecule has 6 nitrogen and oxygen atoms in total. The minimum atomic E-state index is -0.740. The van der Waals surface area contributed by atoms with Crippen molar-refractivity contribution in [1.29, 1.82) is 0 Å². The molecule has 2 N–H and O–H groups in total. The summed E-state index contributed by atoms with van der Waals surface area (Å²) in [7, 11) is 0. The summed E-state index contributed by atoms with van der Waals surface area (Å²) in [6, 6.07) is 13.4. The van der Waals surface area contributed by atoms with E-state index >= 15 is 0 Å². The third-order valence-electron chi connectivity index (χ3n) is 3.36. The molecule has 0 bridgehead atoms. The molecule has 0 aliphatic heterocycles. The Bertz CT molecular complexity index is 747. The third kappa shape index (κ3) is 5.42. The van der Waals surface area contributed by atoms with Crippen LogP contribution in [0.2, 0.25) is 0 Å². The number of hydrogen-bond donors (Lipinski definition) is 1. The van der Waals surface area contributed by atoms with Gasteiger partial charge in [0.25, 0.3) is 5.91 Å². The fourth-order valence-corrected chi connectivity index (χ4v) is 2.10. The van der Waals surface area contributed by atoms with Crippen LogP contribution in [-0.2, 0) is 14.3 Å². The molecule has 0 aliphatic rings. The SMILES string of the molecule is NC(=O)CCN(C(=O)COC(=O)c1ccc(F)cc1)c1ccccc1. The number of carbonyl (C=O) groups is 3.